The molecule has 0 aliphatic rings. The van der Waals surface area contributed by atoms with Crippen LogP contribution in [0, 0.1) is 6.92 Å². The standard InChI is InChI=1S/C6H7N.CH2O/c1-6-4-2-3-5-7-6;1-2/h2-5H,1H3;1H2. The van der Waals surface area contributed by atoms with Crippen molar-refractivity contribution in [3.8, 4) is 0 Å². The molecule has 0 saturated heterocycles. The molecule has 2 heteroatoms. The summed E-state index contributed by atoms with van der Waals surface area (Å²) < 4.78 is 0. The van der Waals surface area contributed by atoms with Crippen molar-refractivity contribution in [2.75, 3.05) is 0 Å². The number of rotatable bonds is 0. The van der Waals surface area contributed by atoms with Gasteiger partial charge in [0.05, 0.1) is 0 Å². The molecule has 2 nitrogen and oxygen atoms in total. The van der Waals surface area contributed by atoms with Crippen molar-refractivity contribution >= 4 is 6.79 Å². The van der Waals surface area contributed by atoms with Crippen LogP contribution in [0.3, 0.4) is 0 Å². The third-order valence-corrected chi connectivity index (χ3v) is 0.813. The van der Waals surface area contributed by atoms with Crippen molar-refractivity contribution in [1.82, 2.24) is 4.98 Å². The van der Waals surface area contributed by atoms with Gasteiger partial charge in [-0.2, -0.15) is 0 Å². The van der Waals surface area contributed by atoms with Gasteiger partial charge in [-0.1, -0.05) is 6.07 Å². The van der Waals surface area contributed by atoms with Gasteiger partial charge in [0.25, 0.3) is 0 Å². The minimum Gasteiger partial charge on any atom is -0.307 e. The van der Waals surface area contributed by atoms with Gasteiger partial charge in [-0.15, -0.1) is 0 Å². The second-order valence-electron chi connectivity index (χ2n) is 1.47. The zero-order valence-electron chi connectivity index (χ0n) is 5.37. The van der Waals surface area contributed by atoms with Gasteiger partial charge >= 0.3 is 0 Å². The van der Waals surface area contributed by atoms with Gasteiger partial charge in [0.15, 0.2) is 0 Å². The molecule has 1 aromatic heterocycles. The molecular formula is C7H9NO. The fourth-order valence-electron chi connectivity index (χ4n) is 0.448. The molecular weight excluding hydrogens is 114 g/mol. The van der Waals surface area contributed by atoms with Gasteiger partial charge in [-0.3, -0.25) is 4.98 Å². The minimum absolute atomic E-state index is 1.07. The fraction of sp³-hybridized carbons (Fsp3) is 0.143. The summed E-state index contributed by atoms with van der Waals surface area (Å²) in [5, 5.41) is 0. The largest absolute Gasteiger partial charge is 0.307 e. The molecule has 0 bridgehead atoms. The minimum atomic E-state index is 1.07. The maximum Gasteiger partial charge on any atom is 0.106 e. The van der Waals surface area contributed by atoms with E-state index in [1.54, 1.807) is 6.20 Å². The lowest BCUT2D eigenvalue weighted by Gasteiger charge is -1.82. The number of carbonyl (C=O) groups is 1. The zero-order chi connectivity index (χ0) is 7.11. The fourth-order valence-corrected chi connectivity index (χ4v) is 0.448. The number of aryl methyl sites for hydroxylation is 1. The van der Waals surface area contributed by atoms with E-state index in [1.165, 1.54) is 0 Å². The molecule has 0 fully saturated rings. The van der Waals surface area contributed by atoms with Crippen LogP contribution in [0.5, 0.6) is 0 Å². The Morgan fingerprint density at radius 3 is 2.33 bits per heavy atom. The lowest BCUT2D eigenvalue weighted by molar-refractivity contribution is -0.0979. The highest BCUT2D eigenvalue weighted by atomic mass is 16.1. The van der Waals surface area contributed by atoms with Crippen molar-refractivity contribution in [2.24, 2.45) is 0 Å². The van der Waals surface area contributed by atoms with Crippen LogP contribution in [0.1, 0.15) is 5.69 Å². The molecule has 48 valence electrons. The second kappa shape index (κ2) is 4.97. The summed E-state index contributed by atoms with van der Waals surface area (Å²) in [6, 6.07) is 5.86. The Hall–Kier alpha value is -1.18. The van der Waals surface area contributed by atoms with E-state index in [9.17, 15) is 0 Å². The number of aromatic nitrogens is 1. The van der Waals surface area contributed by atoms with Gasteiger partial charge in [0.1, 0.15) is 6.79 Å². The van der Waals surface area contributed by atoms with Crippen molar-refractivity contribution in [3.63, 3.8) is 0 Å². The third-order valence-electron chi connectivity index (χ3n) is 0.813. The summed E-state index contributed by atoms with van der Waals surface area (Å²) in [7, 11) is 0. The molecule has 1 rings (SSSR count). The van der Waals surface area contributed by atoms with E-state index in [-0.39, 0.29) is 0 Å². The Balaban J connectivity index is 0.000000291. The molecule has 0 aliphatic carbocycles. The normalized spacial score (nSPS) is 7.22. The highest BCUT2D eigenvalue weighted by Crippen LogP contribution is 1.85. The molecule has 1 aromatic rings. The van der Waals surface area contributed by atoms with Crippen LogP contribution >= 0.6 is 0 Å². The molecule has 0 amide bonds. The van der Waals surface area contributed by atoms with Gasteiger partial charge in [-0.05, 0) is 19.1 Å². The maximum atomic E-state index is 8.00. The number of hydrogen-bond donors (Lipinski definition) is 0. The smallest absolute Gasteiger partial charge is 0.106 e. The van der Waals surface area contributed by atoms with Gasteiger partial charge < -0.3 is 4.79 Å². The Kier molecular flexibility index (Phi) is 4.32. The zero-order valence-corrected chi connectivity index (χ0v) is 5.37. The van der Waals surface area contributed by atoms with Crippen LogP contribution in [0.25, 0.3) is 0 Å². The molecule has 0 unspecified atom stereocenters. The maximum absolute atomic E-state index is 8.00. The Morgan fingerprint density at radius 1 is 1.44 bits per heavy atom. The summed E-state index contributed by atoms with van der Waals surface area (Å²) in [5.74, 6) is 0. The first kappa shape index (κ1) is 7.82. The Bertz CT molecular complexity index is 150. The van der Waals surface area contributed by atoms with Crippen molar-refractivity contribution in [3.05, 3.63) is 30.1 Å². The number of nitrogens with zero attached hydrogens (tertiary/aromatic N) is 1. The van der Waals surface area contributed by atoms with E-state index in [2.05, 4.69) is 4.98 Å². The van der Waals surface area contributed by atoms with Crippen LogP contribution in [0.4, 0.5) is 0 Å². The predicted molar refractivity (Wildman–Crippen MR) is 36.1 cm³/mol. The number of pyridine rings is 1. The van der Waals surface area contributed by atoms with Gasteiger partial charge in [0, 0.05) is 11.9 Å². The van der Waals surface area contributed by atoms with Crippen molar-refractivity contribution in [2.45, 2.75) is 6.92 Å². The first-order chi connectivity index (χ1) is 4.39. The van der Waals surface area contributed by atoms with E-state index in [1.807, 2.05) is 31.9 Å². The first-order valence-electron chi connectivity index (χ1n) is 2.56. The second-order valence-corrected chi connectivity index (χ2v) is 1.47. The van der Waals surface area contributed by atoms with Crippen LogP contribution in [0.15, 0.2) is 24.4 Å². The molecule has 0 aromatic carbocycles. The van der Waals surface area contributed by atoms with E-state index in [0.717, 1.165) is 5.69 Å². The topological polar surface area (TPSA) is 30.0 Å². The summed E-state index contributed by atoms with van der Waals surface area (Å²) in [5.41, 5.74) is 1.07. The molecule has 1 heterocycles. The molecule has 9 heavy (non-hydrogen) atoms. The quantitative estimate of drug-likeness (QED) is 0.519. The number of carbonyl (C=O) groups excluding carboxylic acids is 1. The summed E-state index contributed by atoms with van der Waals surface area (Å²) in [6.45, 7) is 3.97. The lowest BCUT2D eigenvalue weighted by Crippen LogP contribution is -1.72. The van der Waals surface area contributed by atoms with Crippen LogP contribution in [-0.4, -0.2) is 11.8 Å². The third kappa shape index (κ3) is 3.41. The molecule has 0 radical (unpaired) electrons. The lowest BCUT2D eigenvalue weighted by atomic mass is 10.4. The monoisotopic (exact) mass is 123 g/mol. The van der Waals surface area contributed by atoms with Crippen LogP contribution in [-0.2, 0) is 4.79 Å². The van der Waals surface area contributed by atoms with Crippen LogP contribution in [0.2, 0.25) is 0 Å². The van der Waals surface area contributed by atoms with Crippen LogP contribution < -0.4 is 0 Å². The summed E-state index contributed by atoms with van der Waals surface area (Å²) in [6.07, 6.45) is 1.79. The molecule has 0 spiro atoms. The highest BCUT2D eigenvalue weighted by Gasteiger charge is 1.73. The Morgan fingerprint density at radius 2 is 2.11 bits per heavy atom. The van der Waals surface area contributed by atoms with E-state index >= 15 is 0 Å². The summed E-state index contributed by atoms with van der Waals surface area (Å²) >= 11 is 0. The van der Waals surface area contributed by atoms with Crippen molar-refractivity contribution < 1.29 is 4.79 Å². The highest BCUT2D eigenvalue weighted by molar-refractivity contribution is 5.11. The average molecular weight is 123 g/mol. The predicted octanol–water partition coefficient (Wildman–Crippen LogP) is 1.21. The summed E-state index contributed by atoms with van der Waals surface area (Å²) in [4.78, 5) is 12.0. The SMILES string of the molecule is C=O.Cc1ccccn1. The molecule has 0 saturated carbocycles. The first-order valence-corrected chi connectivity index (χ1v) is 2.56. The molecule has 0 N–H and O–H groups in total. The molecule has 0 aliphatic heterocycles. The molecule has 0 atom stereocenters. The van der Waals surface area contributed by atoms with Crippen molar-refractivity contribution in [1.29, 1.82) is 0 Å². The Labute approximate surface area is 54.5 Å². The van der Waals surface area contributed by atoms with E-state index in [0.29, 0.717) is 0 Å². The average Bonchev–Trinajstić information content (AvgIpc) is 1.94. The van der Waals surface area contributed by atoms with E-state index in [4.69, 9.17) is 4.79 Å². The van der Waals surface area contributed by atoms with Gasteiger partial charge in [-0.25, -0.2) is 0 Å². The van der Waals surface area contributed by atoms with E-state index < -0.39 is 0 Å². The number of hydrogen-bond acceptors (Lipinski definition) is 2. The van der Waals surface area contributed by atoms with Gasteiger partial charge in [0.2, 0.25) is 0 Å².